The van der Waals surface area contributed by atoms with Gasteiger partial charge in [0.1, 0.15) is 18.2 Å². The van der Waals surface area contributed by atoms with Crippen LogP contribution in [0.2, 0.25) is 0 Å². The summed E-state index contributed by atoms with van der Waals surface area (Å²) in [6.07, 6.45) is 0. The van der Waals surface area contributed by atoms with E-state index < -0.39 is 10.0 Å². The number of hydrogen-bond donors (Lipinski definition) is 1. The summed E-state index contributed by atoms with van der Waals surface area (Å²) in [6, 6.07) is 12.6. The highest BCUT2D eigenvalue weighted by Gasteiger charge is 2.30. The number of hydrogen-bond acceptors (Lipinski definition) is 4. The second-order valence-electron chi connectivity index (χ2n) is 5.61. The summed E-state index contributed by atoms with van der Waals surface area (Å²) in [4.78, 5) is 17.8. The van der Waals surface area contributed by atoms with Crippen molar-refractivity contribution in [3.8, 4) is 0 Å². The van der Waals surface area contributed by atoms with Gasteiger partial charge in [-0.1, -0.05) is 30.3 Å². The molecule has 6 nitrogen and oxygen atoms in total. The normalized spacial score (nSPS) is 16.3. The summed E-state index contributed by atoms with van der Waals surface area (Å²) < 4.78 is 40.0. The van der Waals surface area contributed by atoms with Crippen LogP contribution in [0.4, 0.5) is 4.39 Å². The minimum atomic E-state index is -3.63. The van der Waals surface area contributed by atoms with Crippen LogP contribution in [0.1, 0.15) is 11.1 Å². The van der Waals surface area contributed by atoms with Crippen LogP contribution in [0.5, 0.6) is 0 Å². The van der Waals surface area contributed by atoms with E-state index in [0.29, 0.717) is 11.1 Å². The molecule has 25 heavy (non-hydrogen) atoms. The Hall–Kier alpha value is -2.74. The van der Waals surface area contributed by atoms with Crippen LogP contribution in [-0.2, 0) is 21.4 Å². The van der Waals surface area contributed by atoms with Crippen LogP contribution in [-0.4, -0.2) is 38.7 Å². The number of benzene rings is 2. The molecule has 3 rings (SSSR count). The van der Waals surface area contributed by atoms with Crippen LogP contribution in [0.25, 0.3) is 0 Å². The van der Waals surface area contributed by atoms with Crippen molar-refractivity contribution in [3.63, 3.8) is 0 Å². The Bertz CT molecular complexity index is 957. The van der Waals surface area contributed by atoms with Gasteiger partial charge in [-0.2, -0.15) is 0 Å². The number of sulfonamides is 1. The van der Waals surface area contributed by atoms with E-state index >= 15 is 0 Å². The molecule has 0 aliphatic carbocycles. The smallest absolute Gasteiger partial charge is 0.263 e. The van der Waals surface area contributed by atoms with Gasteiger partial charge < -0.3 is 4.90 Å². The lowest BCUT2D eigenvalue weighted by molar-refractivity contribution is -0.128. The number of fused-ring (bicyclic) bond motifs is 1. The third kappa shape index (κ3) is 3.53. The van der Waals surface area contributed by atoms with Gasteiger partial charge >= 0.3 is 0 Å². The molecule has 0 aromatic heterocycles. The number of carbonyl (C=O) groups is 1. The maximum absolute atomic E-state index is 13.7. The van der Waals surface area contributed by atoms with E-state index in [-0.39, 0.29) is 35.5 Å². The van der Waals surface area contributed by atoms with Crippen LogP contribution >= 0.6 is 0 Å². The second-order valence-corrected chi connectivity index (χ2v) is 7.26. The fourth-order valence-corrected chi connectivity index (χ4v) is 3.74. The fourth-order valence-electron chi connectivity index (χ4n) is 2.49. The van der Waals surface area contributed by atoms with Crippen molar-refractivity contribution >= 4 is 21.8 Å². The van der Waals surface area contributed by atoms with Crippen LogP contribution < -0.4 is 4.72 Å². The van der Waals surface area contributed by atoms with Crippen LogP contribution in [0.15, 0.2) is 58.4 Å². The molecule has 0 saturated heterocycles. The molecule has 0 bridgehead atoms. The Balaban J connectivity index is 1.72. The molecule has 0 unspecified atom stereocenters. The lowest BCUT2D eigenvalue weighted by atomic mass is 10.2. The average molecular weight is 361 g/mol. The first-order chi connectivity index (χ1) is 11.9. The SMILES string of the molecule is CN(Cc1ccccc1F)C(=O)CN=C1NS(=O)(=O)c2ccccc21. The number of amides is 1. The predicted octanol–water partition coefficient (Wildman–Crippen LogP) is 1.52. The molecular weight excluding hydrogens is 345 g/mol. The van der Waals surface area contributed by atoms with Gasteiger partial charge in [-0.15, -0.1) is 0 Å². The minimum Gasteiger partial charge on any atom is -0.340 e. The Morgan fingerprint density at radius 3 is 2.60 bits per heavy atom. The number of aliphatic imine (C=N–C) groups is 1. The molecule has 1 heterocycles. The highest BCUT2D eigenvalue weighted by Crippen LogP contribution is 2.22. The molecule has 0 spiro atoms. The number of rotatable bonds is 4. The zero-order chi connectivity index (χ0) is 18.0. The number of nitrogens with zero attached hydrogens (tertiary/aromatic N) is 2. The lowest BCUT2D eigenvalue weighted by Gasteiger charge is -2.16. The third-order valence-corrected chi connectivity index (χ3v) is 5.22. The topological polar surface area (TPSA) is 78.8 Å². The molecule has 130 valence electrons. The molecule has 8 heteroatoms. The number of halogens is 1. The van der Waals surface area contributed by atoms with Gasteiger partial charge in [0.2, 0.25) is 5.91 Å². The number of carbonyl (C=O) groups excluding carboxylic acids is 1. The maximum Gasteiger partial charge on any atom is 0.263 e. The molecule has 1 N–H and O–H groups in total. The Morgan fingerprint density at radius 1 is 1.16 bits per heavy atom. The number of nitrogens with one attached hydrogen (secondary N) is 1. The van der Waals surface area contributed by atoms with Gasteiger partial charge in [-0.25, -0.2) is 12.8 Å². The summed E-state index contributed by atoms with van der Waals surface area (Å²) in [5.41, 5.74) is 0.838. The van der Waals surface area contributed by atoms with E-state index in [2.05, 4.69) is 9.71 Å². The highest BCUT2D eigenvalue weighted by molar-refractivity contribution is 7.90. The van der Waals surface area contributed by atoms with Gasteiger partial charge in [0.25, 0.3) is 10.0 Å². The van der Waals surface area contributed by atoms with E-state index in [1.807, 2.05) is 0 Å². The lowest BCUT2D eigenvalue weighted by Crippen LogP contribution is -2.30. The average Bonchev–Trinajstić information content (AvgIpc) is 2.86. The van der Waals surface area contributed by atoms with Crippen LogP contribution in [0, 0.1) is 5.82 Å². The molecule has 0 saturated carbocycles. The van der Waals surface area contributed by atoms with Crippen molar-refractivity contribution in [2.75, 3.05) is 13.6 Å². The highest BCUT2D eigenvalue weighted by atomic mass is 32.2. The van der Waals surface area contributed by atoms with Crippen molar-refractivity contribution in [2.24, 2.45) is 4.99 Å². The number of likely N-dealkylation sites (N-methyl/N-ethyl adjacent to an activating group) is 1. The molecule has 0 radical (unpaired) electrons. The van der Waals surface area contributed by atoms with Gasteiger partial charge in [-0.3, -0.25) is 14.5 Å². The molecule has 2 aromatic carbocycles. The zero-order valence-electron chi connectivity index (χ0n) is 13.4. The minimum absolute atomic E-state index is 0.110. The molecular formula is C17H16FN3O3S. The van der Waals surface area contributed by atoms with Gasteiger partial charge in [0, 0.05) is 24.7 Å². The Labute approximate surface area is 145 Å². The Kier molecular flexibility index (Phi) is 4.54. The van der Waals surface area contributed by atoms with Crippen molar-refractivity contribution in [1.82, 2.24) is 9.62 Å². The second kappa shape index (κ2) is 6.64. The van der Waals surface area contributed by atoms with Gasteiger partial charge in [0.15, 0.2) is 0 Å². The molecule has 1 aliphatic heterocycles. The number of amidine groups is 1. The van der Waals surface area contributed by atoms with E-state index in [9.17, 15) is 17.6 Å². The van der Waals surface area contributed by atoms with Crippen molar-refractivity contribution in [3.05, 3.63) is 65.5 Å². The van der Waals surface area contributed by atoms with E-state index in [0.717, 1.165) is 0 Å². The summed E-state index contributed by atoms with van der Waals surface area (Å²) in [7, 11) is -2.09. The molecule has 0 atom stereocenters. The standard InChI is InChI=1S/C17H16FN3O3S/c1-21(11-12-6-2-4-8-14(12)18)16(22)10-19-17-13-7-3-5-9-15(13)25(23,24)20-17/h2-9H,10-11H2,1H3,(H,19,20). The van der Waals surface area contributed by atoms with Crippen LogP contribution in [0.3, 0.4) is 0 Å². The van der Waals surface area contributed by atoms with Gasteiger partial charge in [0.05, 0.1) is 4.90 Å². The van der Waals surface area contributed by atoms with Crippen molar-refractivity contribution in [2.45, 2.75) is 11.4 Å². The summed E-state index contributed by atoms with van der Waals surface area (Å²) in [5, 5.41) is 0. The fraction of sp³-hybridized carbons (Fsp3) is 0.176. The maximum atomic E-state index is 13.7. The van der Waals surface area contributed by atoms with E-state index in [1.165, 1.54) is 17.0 Å². The first-order valence-electron chi connectivity index (χ1n) is 7.52. The van der Waals surface area contributed by atoms with Crippen molar-refractivity contribution < 1.29 is 17.6 Å². The summed E-state index contributed by atoms with van der Waals surface area (Å²) in [5.74, 6) is -0.589. The zero-order valence-corrected chi connectivity index (χ0v) is 14.3. The largest absolute Gasteiger partial charge is 0.340 e. The predicted molar refractivity (Wildman–Crippen MR) is 91.0 cm³/mol. The molecule has 2 aromatic rings. The Morgan fingerprint density at radius 2 is 1.84 bits per heavy atom. The first-order valence-corrected chi connectivity index (χ1v) is 9.01. The molecule has 0 fully saturated rings. The van der Waals surface area contributed by atoms with E-state index in [1.54, 1.807) is 43.4 Å². The molecule has 1 aliphatic rings. The quantitative estimate of drug-likeness (QED) is 0.897. The van der Waals surface area contributed by atoms with Crippen molar-refractivity contribution in [1.29, 1.82) is 0 Å². The summed E-state index contributed by atoms with van der Waals surface area (Å²) in [6.45, 7) is -0.129. The third-order valence-electron chi connectivity index (χ3n) is 3.83. The van der Waals surface area contributed by atoms with Gasteiger partial charge in [-0.05, 0) is 18.2 Å². The summed E-state index contributed by atoms with van der Waals surface area (Å²) >= 11 is 0. The molecule has 1 amide bonds. The monoisotopic (exact) mass is 361 g/mol. The van der Waals surface area contributed by atoms with E-state index in [4.69, 9.17) is 0 Å². The first kappa shape index (κ1) is 17.1.